The van der Waals surface area contributed by atoms with E-state index in [0.29, 0.717) is 17.2 Å². The van der Waals surface area contributed by atoms with E-state index in [1.165, 1.54) is 5.56 Å². The van der Waals surface area contributed by atoms with E-state index in [2.05, 4.69) is 6.58 Å². The van der Waals surface area contributed by atoms with Gasteiger partial charge in [-0.1, -0.05) is 32.6 Å². The Labute approximate surface area is 143 Å². The smallest absolute Gasteiger partial charge is 0.338 e. The van der Waals surface area contributed by atoms with Gasteiger partial charge in [-0.2, -0.15) is 0 Å². The summed E-state index contributed by atoms with van der Waals surface area (Å²) in [5.74, 6) is 0.408. The number of rotatable bonds is 5. The summed E-state index contributed by atoms with van der Waals surface area (Å²) >= 11 is 0. The van der Waals surface area contributed by atoms with Crippen molar-refractivity contribution < 1.29 is 19.1 Å². The van der Waals surface area contributed by atoms with Crippen LogP contribution in [0.4, 0.5) is 0 Å². The molecule has 4 heteroatoms. The first-order valence-corrected chi connectivity index (χ1v) is 8.55. The van der Waals surface area contributed by atoms with Crippen molar-refractivity contribution in [3.05, 3.63) is 42.0 Å². The average Bonchev–Trinajstić information content (AvgIpc) is 2.56. The number of carbonyl (C=O) groups is 2. The highest BCUT2D eigenvalue weighted by atomic mass is 16.5. The van der Waals surface area contributed by atoms with E-state index in [-0.39, 0.29) is 18.0 Å². The van der Waals surface area contributed by atoms with Gasteiger partial charge in [0.15, 0.2) is 0 Å². The summed E-state index contributed by atoms with van der Waals surface area (Å²) < 4.78 is 10.7. The molecule has 1 fully saturated rings. The Morgan fingerprint density at radius 1 is 1.08 bits per heavy atom. The van der Waals surface area contributed by atoms with Crippen LogP contribution < -0.4 is 4.74 Å². The number of hydrogen-bond donors (Lipinski definition) is 0. The van der Waals surface area contributed by atoms with E-state index >= 15 is 0 Å². The molecule has 0 bridgehead atoms. The summed E-state index contributed by atoms with van der Waals surface area (Å²) in [6, 6.07) is 7.65. The van der Waals surface area contributed by atoms with E-state index in [4.69, 9.17) is 9.47 Å². The molecule has 0 radical (unpaired) electrons. The first kappa shape index (κ1) is 18.2. The molecule has 0 atom stereocenters. The van der Waals surface area contributed by atoms with Crippen LogP contribution in [0.1, 0.15) is 57.9 Å². The Hall–Kier alpha value is -2.10. The summed E-state index contributed by atoms with van der Waals surface area (Å²) in [4.78, 5) is 23.2. The summed E-state index contributed by atoms with van der Waals surface area (Å²) in [6.07, 6.45) is 3.85. The zero-order valence-electron chi connectivity index (χ0n) is 14.7. The maximum absolute atomic E-state index is 11.7. The SMILES string of the molecule is C=C(C)C(=O)Oc1ccc(C2CCC(OC(=O)C(C)C)CC2)cc1. The van der Waals surface area contributed by atoms with Gasteiger partial charge in [0.2, 0.25) is 0 Å². The molecule has 1 aromatic carbocycles. The maximum atomic E-state index is 11.7. The normalized spacial score (nSPS) is 20.5. The third-order valence-corrected chi connectivity index (χ3v) is 4.34. The van der Waals surface area contributed by atoms with Gasteiger partial charge in [0.1, 0.15) is 11.9 Å². The van der Waals surface area contributed by atoms with Crippen molar-refractivity contribution in [2.45, 2.75) is 58.5 Å². The van der Waals surface area contributed by atoms with Crippen LogP contribution in [-0.4, -0.2) is 18.0 Å². The lowest BCUT2D eigenvalue weighted by Gasteiger charge is -2.29. The van der Waals surface area contributed by atoms with E-state index in [1.807, 2.05) is 38.1 Å². The highest BCUT2D eigenvalue weighted by Gasteiger charge is 2.25. The van der Waals surface area contributed by atoms with Crippen LogP contribution in [0.3, 0.4) is 0 Å². The molecule has 0 amide bonds. The predicted octanol–water partition coefficient (Wildman–Crippen LogP) is 4.39. The van der Waals surface area contributed by atoms with Crippen molar-refractivity contribution in [2.75, 3.05) is 0 Å². The third kappa shape index (κ3) is 4.95. The molecule has 1 saturated carbocycles. The summed E-state index contributed by atoms with van der Waals surface area (Å²) in [7, 11) is 0. The lowest BCUT2D eigenvalue weighted by Crippen LogP contribution is -2.25. The van der Waals surface area contributed by atoms with Crippen molar-refractivity contribution in [3.63, 3.8) is 0 Å². The Morgan fingerprint density at radius 3 is 2.17 bits per heavy atom. The molecule has 1 aliphatic carbocycles. The molecule has 4 nitrogen and oxygen atoms in total. The number of hydrogen-bond acceptors (Lipinski definition) is 4. The second kappa shape index (κ2) is 8.13. The number of carbonyl (C=O) groups excluding carboxylic acids is 2. The molecule has 130 valence electrons. The quantitative estimate of drug-likeness (QED) is 0.456. The number of esters is 2. The van der Waals surface area contributed by atoms with Gasteiger partial charge in [0.25, 0.3) is 0 Å². The molecule has 0 aromatic heterocycles. The topological polar surface area (TPSA) is 52.6 Å². The first-order valence-electron chi connectivity index (χ1n) is 8.55. The minimum absolute atomic E-state index is 0.0481. The zero-order valence-corrected chi connectivity index (χ0v) is 14.7. The number of ether oxygens (including phenoxy) is 2. The lowest BCUT2D eigenvalue weighted by molar-refractivity contribution is -0.154. The molecule has 0 unspecified atom stereocenters. The minimum atomic E-state index is -0.407. The third-order valence-electron chi connectivity index (χ3n) is 4.34. The molecule has 0 N–H and O–H groups in total. The van der Waals surface area contributed by atoms with Gasteiger partial charge < -0.3 is 9.47 Å². The predicted molar refractivity (Wildman–Crippen MR) is 92.8 cm³/mol. The molecule has 0 heterocycles. The summed E-state index contributed by atoms with van der Waals surface area (Å²) in [5, 5.41) is 0. The van der Waals surface area contributed by atoms with Gasteiger partial charge in [0, 0.05) is 5.57 Å². The standard InChI is InChI=1S/C20H26O4/c1-13(2)19(21)23-17-9-5-15(6-10-17)16-7-11-18(12-8-16)24-20(22)14(3)4/h5-6,9-10,14,16,18H,1,7-8,11-12H2,2-4H3. The average molecular weight is 330 g/mol. The van der Waals surface area contributed by atoms with E-state index in [0.717, 1.165) is 25.7 Å². The minimum Gasteiger partial charge on any atom is -0.462 e. The molecule has 1 aliphatic rings. The van der Waals surface area contributed by atoms with Crippen molar-refractivity contribution in [2.24, 2.45) is 5.92 Å². The van der Waals surface area contributed by atoms with E-state index in [9.17, 15) is 9.59 Å². The molecule has 1 aromatic rings. The second-order valence-corrected chi connectivity index (χ2v) is 6.80. The monoisotopic (exact) mass is 330 g/mol. The van der Waals surface area contributed by atoms with Gasteiger partial charge in [-0.25, -0.2) is 4.79 Å². The van der Waals surface area contributed by atoms with Gasteiger partial charge in [-0.15, -0.1) is 0 Å². The summed E-state index contributed by atoms with van der Waals surface area (Å²) in [5.41, 5.74) is 1.62. The molecule has 0 spiro atoms. The maximum Gasteiger partial charge on any atom is 0.338 e. The molecular weight excluding hydrogens is 304 g/mol. The Bertz CT molecular complexity index is 593. The largest absolute Gasteiger partial charge is 0.462 e. The summed E-state index contributed by atoms with van der Waals surface area (Å²) in [6.45, 7) is 8.91. The Balaban J connectivity index is 1.87. The van der Waals surface area contributed by atoms with Crippen LogP contribution in [0.15, 0.2) is 36.4 Å². The first-order chi connectivity index (χ1) is 11.4. The van der Waals surface area contributed by atoms with Crippen LogP contribution in [-0.2, 0) is 14.3 Å². The highest BCUT2D eigenvalue weighted by molar-refractivity contribution is 5.88. The van der Waals surface area contributed by atoms with Gasteiger partial charge >= 0.3 is 11.9 Å². The number of benzene rings is 1. The zero-order chi connectivity index (χ0) is 17.7. The van der Waals surface area contributed by atoms with Crippen LogP contribution in [0.25, 0.3) is 0 Å². The van der Waals surface area contributed by atoms with Crippen molar-refractivity contribution in [1.82, 2.24) is 0 Å². The fourth-order valence-corrected chi connectivity index (χ4v) is 2.82. The van der Waals surface area contributed by atoms with Crippen LogP contribution in [0, 0.1) is 5.92 Å². The van der Waals surface area contributed by atoms with Crippen molar-refractivity contribution in [3.8, 4) is 5.75 Å². The second-order valence-electron chi connectivity index (χ2n) is 6.80. The van der Waals surface area contributed by atoms with E-state index in [1.54, 1.807) is 6.92 Å². The van der Waals surface area contributed by atoms with Crippen LogP contribution in [0.5, 0.6) is 5.75 Å². The van der Waals surface area contributed by atoms with Crippen LogP contribution >= 0.6 is 0 Å². The molecule has 2 rings (SSSR count). The fourth-order valence-electron chi connectivity index (χ4n) is 2.82. The highest BCUT2D eigenvalue weighted by Crippen LogP contribution is 2.35. The Kier molecular flexibility index (Phi) is 6.18. The van der Waals surface area contributed by atoms with Gasteiger partial charge in [-0.3, -0.25) is 4.79 Å². The fraction of sp³-hybridized carbons (Fsp3) is 0.500. The molecule has 0 aliphatic heterocycles. The van der Waals surface area contributed by atoms with Gasteiger partial charge in [0.05, 0.1) is 5.92 Å². The van der Waals surface area contributed by atoms with Crippen molar-refractivity contribution in [1.29, 1.82) is 0 Å². The van der Waals surface area contributed by atoms with E-state index < -0.39 is 5.97 Å². The van der Waals surface area contributed by atoms with Gasteiger partial charge in [-0.05, 0) is 56.2 Å². The molecular formula is C20H26O4. The Morgan fingerprint density at radius 2 is 1.67 bits per heavy atom. The molecule has 24 heavy (non-hydrogen) atoms. The lowest BCUT2D eigenvalue weighted by atomic mass is 9.82. The molecule has 0 saturated heterocycles. The van der Waals surface area contributed by atoms with Crippen molar-refractivity contribution >= 4 is 11.9 Å². The van der Waals surface area contributed by atoms with Crippen LogP contribution in [0.2, 0.25) is 0 Å².